The first-order valence-corrected chi connectivity index (χ1v) is 11.8. The maximum Gasteiger partial charge on any atom is 0.280 e. The van der Waals surface area contributed by atoms with Gasteiger partial charge in [-0.05, 0) is 85.0 Å². The van der Waals surface area contributed by atoms with E-state index in [1.807, 2.05) is 41.8 Å². The van der Waals surface area contributed by atoms with Gasteiger partial charge in [0.2, 0.25) is 5.13 Å². The summed E-state index contributed by atoms with van der Waals surface area (Å²) >= 11 is 3.08. The van der Waals surface area contributed by atoms with Gasteiger partial charge in [-0.15, -0.1) is 11.3 Å². The first-order valence-electron chi connectivity index (χ1n) is 10.1. The number of carbonyl (C=O) groups excluding carboxylic acids is 1. The van der Waals surface area contributed by atoms with Gasteiger partial charge < -0.3 is 0 Å². The van der Waals surface area contributed by atoms with Crippen molar-refractivity contribution in [3.8, 4) is 0 Å². The van der Waals surface area contributed by atoms with Crippen LogP contribution in [0.25, 0.3) is 10.2 Å². The average Bonchev–Trinajstić information content (AvgIpc) is 3.43. The monoisotopic (exact) mass is 431 g/mol. The number of rotatable bonds is 4. The quantitative estimate of drug-likeness (QED) is 0.284. The normalized spacial score (nSPS) is 13.6. The van der Waals surface area contributed by atoms with E-state index in [1.165, 1.54) is 45.9 Å². The number of aromatic nitrogens is 1. The Balaban J connectivity index is 1.55. The van der Waals surface area contributed by atoms with Crippen molar-refractivity contribution in [3.05, 3.63) is 81.0 Å². The van der Waals surface area contributed by atoms with E-state index in [0.717, 1.165) is 27.9 Å². The highest BCUT2D eigenvalue weighted by Gasteiger charge is 2.22. The molecular weight excluding hydrogens is 410 g/mol. The summed E-state index contributed by atoms with van der Waals surface area (Å²) in [6.07, 6.45) is 6.28. The number of carbonyl (C=O) groups is 1. The van der Waals surface area contributed by atoms with Crippen LogP contribution in [0.1, 0.15) is 44.8 Å². The Hall–Kier alpha value is -2.83. The van der Waals surface area contributed by atoms with Gasteiger partial charge in [0.25, 0.3) is 5.91 Å². The third-order valence-corrected chi connectivity index (χ3v) is 7.15. The number of anilines is 1. The summed E-state index contributed by atoms with van der Waals surface area (Å²) in [6.45, 7) is 2.06. The molecule has 0 fully saturated rings. The van der Waals surface area contributed by atoms with E-state index in [0.29, 0.717) is 10.7 Å². The minimum absolute atomic E-state index is 0.146. The van der Waals surface area contributed by atoms with Crippen molar-refractivity contribution >= 4 is 50.1 Å². The second-order valence-corrected chi connectivity index (χ2v) is 9.52. The molecule has 0 aliphatic heterocycles. The fourth-order valence-electron chi connectivity index (χ4n) is 3.77. The van der Waals surface area contributed by atoms with Crippen LogP contribution in [0.5, 0.6) is 0 Å². The van der Waals surface area contributed by atoms with E-state index in [2.05, 4.69) is 24.2 Å². The summed E-state index contributed by atoms with van der Waals surface area (Å²) in [6, 6.07) is 16.2. The molecule has 0 saturated heterocycles. The van der Waals surface area contributed by atoms with Crippen LogP contribution in [0.15, 0.2) is 59.0 Å². The van der Waals surface area contributed by atoms with E-state index in [9.17, 15) is 4.79 Å². The first kappa shape index (κ1) is 19.2. The number of thiazole rings is 1. The Bertz CT molecular complexity index is 1240. The van der Waals surface area contributed by atoms with Crippen LogP contribution in [0, 0.1) is 6.92 Å². The molecule has 1 aliphatic carbocycles. The Kier molecular flexibility index (Phi) is 5.19. The molecule has 0 N–H and O–H groups in total. The molecule has 0 spiro atoms. The van der Waals surface area contributed by atoms with E-state index < -0.39 is 0 Å². The van der Waals surface area contributed by atoms with Gasteiger partial charge in [-0.3, -0.25) is 4.79 Å². The standard InChI is InChI=1S/C24H21N3OS2/c1-16-8-11-21-22(13-16)30-24(26-21)27(25-15-20-7-4-12-29-20)23(28)19-10-9-17-5-2-3-6-18(17)14-19/h4,7-15H,2-3,5-6H2,1H3/b25-15+. The fourth-order valence-corrected chi connectivity index (χ4v) is 5.37. The predicted molar refractivity (Wildman–Crippen MR) is 126 cm³/mol. The summed E-state index contributed by atoms with van der Waals surface area (Å²) in [5, 5.41) is 8.59. The lowest BCUT2D eigenvalue weighted by atomic mass is 9.90. The largest absolute Gasteiger partial charge is 0.280 e. The van der Waals surface area contributed by atoms with Crippen molar-refractivity contribution in [3.63, 3.8) is 0 Å². The van der Waals surface area contributed by atoms with E-state index in [1.54, 1.807) is 17.6 Å². The summed E-state index contributed by atoms with van der Waals surface area (Å²) in [5.74, 6) is -0.146. The average molecular weight is 432 g/mol. The second-order valence-electron chi connectivity index (χ2n) is 7.54. The predicted octanol–water partition coefficient (Wildman–Crippen LogP) is 6.23. The summed E-state index contributed by atoms with van der Waals surface area (Å²) < 4.78 is 1.06. The highest BCUT2D eigenvalue weighted by molar-refractivity contribution is 7.22. The van der Waals surface area contributed by atoms with E-state index in [4.69, 9.17) is 4.98 Å². The Labute approximate surface area is 183 Å². The lowest BCUT2D eigenvalue weighted by Gasteiger charge is -2.18. The molecule has 1 amide bonds. The Morgan fingerprint density at radius 2 is 1.97 bits per heavy atom. The molecule has 30 heavy (non-hydrogen) atoms. The van der Waals surface area contributed by atoms with Gasteiger partial charge in [0.15, 0.2) is 0 Å². The number of amides is 1. The van der Waals surface area contributed by atoms with Gasteiger partial charge in [-0.2, -0.15) is 10.1 Å². The fraction of sp³-hybridized carbons (Fsp3) is 0.208. The molecule has 5 rings (SSSR count). The molecule has 4 nitrogen and oxygen atoms in total. The molecule has 2 heterocycles. The summed E-state index contributed by atoms with van der Waals surface area (Å²) in [5.41, 5.74) is 5.37. The topological polar surface area (TPSA) is 45.6 Å². The SMILES string of the molecule is Cc1ccc2nc(N(/N=C/c3cccs3)C(=O)c3ccc4c(c3)CCCC4)sc2c1. The Morgan fingerprint density at radius 3 is 2.80 bits per heavy atom. The number of hydrogen-bond donors (Lipinski definition) is 0. The molecule has 1 aliphatic rings. The number of thiophene rings is 1. The molecule has 150 valence electrons. The molecule has 0 saturated carbocycles. The number of hydrazone groups is 1. The molecule has 0 unspecified atom stereocenters. The maximum atomic E-state index is 13.5. The van der Waals surface area contributed by atoms with Crippen LogP contribution in [-0.2, 0) is 12.8 Å². The van der Waals surface area contributed by atoms with Crippen LogP contribution in [0.3, 0.4) is 0 Å². The number of fused-ring (bicyclic) bond motifs is 2. The molecule has 2 aromatic heterocycles. The number of aryl methyl sites for hydroxylation is 3. The van der Waals surface area contributed by atoms with Gasteiger partial charge in [-0.25, -0.2) is 4.98 Å². The maximum absolute atomic E-state index is 13.5. The molecule has 2 aromatic carbocycles. The van der Waals surface area contributed by atoms with Crippen molar-refractivity contribution in [1.82, 2.24) is 4.98 Å². The lowest BCUT2D eigenvalue weighted by molar-refractivity contribution is 0.0987. The summed E-state index contributed by atoms with van der Waals surface area (Å²) in [4.78, 5) is 19.2. The van der Waals surface area contributed by atoms with Crippen LogP contribution < -0.4 is 5.01 Å². The van der Waals surface area contributed by atoms with Crippen LogP contribution in [0.2, 0.25) is 0 Å². The van der Waals surface area contributed by atoms with Crippen molar-refractivity contribution in [1.29, 1.82) is 0 Å². The number of benzene rings is 2. The minimum Gasteiger partial charge on any atom is -0.267 e. The Morgan fingerprint density at radius 1 is 1.10 bits per heavy atom. The van der Waals surface area contributed by atoms with E-state index in [-0.39, 0.29) is 5.91 Å². The smallest absolute Gasteiger partial charge is 0.267 e. The highest BCUT2D eigenvalue weighted by atomic mass is 32.1. The van der Waals surface area contributed by atoms with Crippen molar-refractivity contribution in [2.24, 2.45) is 5.10 Å². The minimum atomic E-state index is -0.146. The van der Waals surface area contributed by atoms with Crippen LogP contribution in [0.4, 0.5) is 5.13 Å². The zero-order valence-corrected chi connectivity index (χ0v) is 18.3. The molecule has 0 radical (unpaired) electrons. The molecule has 0 atom stereocenters. The van der Waals surface area contributed by atoms with Gasteiger partial charge in [-0.1, -0.05) is 29.5 Å². The first-order chi connectivity index (χ1) is 14.7. The molecule has 4 aromatic rings. The van der Waals surface area contributed by atoms with Crippen LogP contribution in [-0.4, -0.2) is 17.1 Å². The van der Waals surface area contributed by atoms with Gasteiger partial charge >= 0.3 is 0 Å². The molecule has 6 heteroatoms. The summed E-state index contributed by atoms with van der Waals surface area (Å²) in [7, 11) is 0. The zero-order valence-electron chi connectivity index (χ0n) is 16.7. The van der Waals surface area contributed by atoms with E-state index >= 15 is 0 Å². The molecule has 0 bridgehead atoms. The third-order valence-electron chi connectivity index (χ3n) is 5.35. The number of hydrogen-bond acceptors (Lipinski definition) is 5. The van der Waals surface area contributed by atoms with Crippen molar-refractivity contribution in [2.75, 3.05) is 5.01 Å². The third kappa shape index (κ3) is 3.80. The van der Waals surface area contributed by atoms with Gasteiger partial charge in [0.1, 0.15) is 0 Å². The lowest BCUT2D eigenvalue weighted by Crippen LogP contribution is -2.26. The van der Waals surface area contributed by atoms with Gasteiger partial charge in [0, 0.05) is 10.4 Å². The highest BCUT2D eigenvalue weighted by Crippen LogP contribution is 2.31. The zero-order chi connectivity index (χ0) is 20.5. The molecular formula is C24H21N3OS2. The number of nitrogens with zero attached hydrogens (tertiary/aromatic N) is 3. The van der Waals surface area contributed by atoms with Crippen molar-refractivity contribution in [2.45, 2.75) is 32.6 Å². The van der Waals surface area contributed by atoms with Crippen LogP contribution >= 0.6 is 22.7 Å². The second kappa shape index (κ2) is 8.13. The van der Waals surface area contributed by atoms with Gasteiger partial charge in [0.05, 0.1) is 16.4 Å². The van der Waals surface area contributed by atoms with Crippen molar-refractivity contribution < 1.29 is 4.79 Å².